The summed E-state index contributed by atoms with van der Waals surface area (Å²) >= 11 is 0. The van der Waals surface area contributed by atoms with Gasteiger partial charge in [-0.1, -0.05) is 79.8 Å². The van der Waals surface area contributed by atoms with E-state index in [9.17, 15) is 24.9 Å². The lowest BCUT2D eigenvalue weighted by molar-refractivity contribution is -0.253. The number of carbonyl (C=O) groups is 2. The van der Waals surface area contributed by atoms with E-state index in [2.05, 4.69) is 78.3 Å². The Labute approximate surface area is 238 Å². The highest BCUT2D eigenvalue weighted by Crippen LogP contribution is 2.19. The Balaban J connectivity index is 2.16. The fraction of sp³-hybridized carbons (Fsp3) is 0.548. The van der Waals surface area contributed by atoms with Gasteiger partial charge in [-0.2, -0.15) is 0 Å². The molecule has 0 spiro atoms. The van der Waals surface area contributed by atoms with Gasteiger partial charge in [0.2, 0.25) is 11.8 Å². The van der Waals surface area contributed by atoms with E-state index in [-0.39, 0.29) is 12.3 Å². The number of allylic oxidation sites excluding steroid dienone is 12. The Morgan fingerprint density at radius 2 is 1.25 bits per heavy atom. The Bertz CT molecular complexity index is 894. The molecule has 2 amide bonds. The van der Waals surface area contributed by atoms with Crippen LogP contribution in [0.1, 0.15) is 65.2 Å². The predicted molar refractivity (Wildman–Crippen MR) is 157 cm³/mol. The first kappa shape index (κ1) is 35.2. The van der Waals surface area contributed by atoms with Crippen LogP contribution < -0.4 is 10.6 Å². The van der Waals surface area contributed by atoms with Crippen molar-refractivity contribution in [1.82, 2.24) is 10.6 Å². The molecule has 40 heavy (non-hydrogen) atoms. The minimum absolute atomic E-state index is 0.203. The summed E-state index contributed by atoms with van der Waals surface area (Å²) < 4.78 is 5.01. The standard InChI is InChI=1S/C31H48N2O7/c1-3-4-5-6-7-8-9-10-11-12-13-14-15-16-17-18-19-20-21-22-26(35)32-24(2)30(38)33-27-29(37)28(36)25(23-34)40-31(27)39/h4-5,7-8,10-11,13-14,16-17,19-20,24-25,27-29,31,34,36-37,39H,3,6,9,12,15,18,21-23H2,1-2H3,(H,32,35)(H,33,38)/t24-,25?,27?,28+,29-,31+/m0/s1. The second kappa shape index (κ2) is 21.9. The van der Waals surface area contributed by atoms with Gasteiger partial charge in [0.15, 0.2) is 6.29 Å². The maximum atomic E-state index is 12.4. The first-order chi connectivity index (χ1) is 19.3. The Morgan fingerprint density at radius 1 is 0.775 bits per heavy atom. The van der Waals surface area contributed by atoms with Crippen LogP contribution in [-0.2, 0) is 14.3 Å². The van der Waals surface area contributed by atoms with Crippen molar-refractivity contribution < 1.29 is 34.8 Å². The van der Waals surface area contributed by atoms with Crippen LogP contribution >= 0.6 is 0 Å². The maximum Gasteiger partial charge on any atom is 0.242 e. The van der Waals surface area contributed by atoms with Gasteiger partial charge in [0.05, 0.1) is 6.61 Å². The molecule has 1 aliphatic heterocycles. The van der Waals surface area contributed by atoms with Gasteiger partial charge in [-0.25, -0.2) is 0 Å². The maximum absolute atomic E-state index is 12.4. The third-order valence-corrected chi connectivity index (χ3v) is 6.11. The molecule has 0 aliphatic carbocycles. The zero-order valence-corrected chi connectivity index (χ0v) is 23.8. The van der Waals surface area contributed by atoms with Crippen molar-refractivity contribution in [1.29, 1.82) is 0 Å². The molecule has 0 radical (unpaired) electrons. The summed E-state index contributed by atoms with van der Waals surface area (Å²) in [4.78, 5) is 24.5. The van der Waals surface area contributed by atoms with Crippen molar-refractivity contribution in [2.24, 2.45) is 0 Å². The lowest BCUT2D eigenvalue weighted by Gasteiger charge is -2.40. The zero-order chi connectivity index (χ0) is 29.6. The molecule has 0 aromatic carbocycles. The predicted octanol–water partition coefficient (Wildman–Crippen LogP) is 2.89. The van der Waals surface area contributed by atoms with Crippen LogP contribution in [-0.4, -0.2) is 75.5 Å². The normalized spacial score (nSPS) is 24.8. The molecule has 1 rings (SSSR count). The van der Waals surface area contributed by atoms with Crippen molar-refractivity contribution in [2.75, 3.05) is 6.61 Å². The number of aliphatic hydroxyl groups is 4. The third kappa shape index (κ3) is 15.1. The smallest absolute Gasteiger partial charge is 0.242 e. The van der Waals surface area contributed by atoms with Crippen LogP contribution in [0.15, 0.2) is 72.9 Å². The quantitative estimate of drug-likeness (QED) is 0.141. The highest BCUT2D eigenvalue weighted by Gasteiger charge is 2.44. The van der Waals surface area contributed by atoms with E-state index < -0.39 is 49.2 Å². The summed E-state index contributed by atoms with van der Waals surface area (Å²) in [6.07, 6.45) is 25.9. The minimum Gasteiger partial charge on any atom is -0.394 e. The van der Waals surface area contributed by atoms with Gasteiger partial charge < -0.3 is 35.8 Å². The van der Waals surface area contributed by atoms with Crippen LogP contribution in [0.3, 0.4) is 0 Å². The van der Waals surface area contributed by atoms with E-state index in [0.717, 1.165) is 38.5 Å². The molecule has 9 heteroatoms. The number of rotatable bonds is 18. The summed E-state index contributed by atoms with van der Waals surface area (Å²) in [6.45, 7) is 3.01. The van der Waals surface area contributed by atoms with Crippen LogP contribution in [0.25, 0.3) is 0 Å². The number of ether oxygens (including phenoxy) is 1. The topological polar surface area (TPSA) is 148 Å². The van der Waals surface area contributed by atoms with Crippen molar-refractivity contribution >= 4 is 11.8 Å². The van der Waals surface area contributed by atoms with E-state index in [1.54, 1.807) is 0 Å². The highest BCUT2D eigenvalue weighted by atomic mass is 16.6. The van der Waals surface area contributed by atoms with Crippen LogP contribution in [0.2, 0.25) is 0 Å². The van der Waals surface area contributed by atoms with E-state index in [1.165, 1.54) is 6.92 Å². The number of amides is 2. The molecule has 1 saturated heterocycles. The average Bonchev–Trinajstić information content (AvgIpc) is 2.94. The van der Waals surface area contributed by atoms with E-state index in [0.29, 0.717) is 6.42 Å². The van der Waals surface area contributed by atoms with Gasteiger partial charge in [-0.05, 0) is 51.9 Å². The Morgan fingerprint density at radius 3 is 1.73 bits per heavy atom. The lowest BCUT2D eigenvalue weighted by Crippen LogP contribution is -2.65. The number of aliphatic hydroxyl groups excluding tert-OH is 4. The van der Waals surface area contributed by atoms with Gasteiger partial charge in [-0.15, -0.1) is 0 Å². The Kier molecular flexibility index (Phi) is 19.3. The number of hydrogen-bond donors (Lipinski definition) is 6. The summed E-state index contributed by atoms with van der Waals surface area (Å²) in [5, 5.41) is 44.1. The van der Waals surface area contributed by atoms with Crippen LogP contribution in [0.4, 0.5) is 0 Å². The van der Waals surface area contributed by atoms with Gasteiger partial charge in [0.1, 0.15) is 30.4 Å². The van der Waals surface area contributed by atoms with Crippen molar-refractivity contribution in [3.05, 3.63) is 72.9 Å². The van der Waals surface area contributed by atoms with Gasteiger partial charge >= 0.3 is 0 Å². The first-order valence-corrected chi connectivity index (χ1v) is 14.1. The molecule has 224 valence electrons. The summed E-state index contributed by atoms with van der Waals surface area (Å²) in [7, 11) is 0. The molecule has 0 aromatic heterocycles. The van der Waals surface area contributed by atoms with Gasteiger partial charge in [0, 0.05) is 6.42 Å². The molecule has 1 aliphatic rings. The monoisotopic (exact) mass is 560 g/mol. The first-order valence-electron chi connectivity index (χ1n) is 14.1. The zero-order valence-electron chi connectivity index (χ0n) is 23.8. The molecule has 9 nitrogen and oxygen atoms in total. The minimum atomic E-state index is -1.62. The second-order valence-corrected chi connectivity index (χ2v) is 9.51. The molecular weight excluding hydrogens is 512 g/mol. The highest BCUT2D eigenvalue weighted by molar-refractivity contribution is 5.87. The Hall–Kier alpha value is -2.82. The SMILES string of the molecule is CCC=CCC=CCC=CCC=CCC=CCC=CCCC(=O)N[C@@H](C)C(=O)NC1[C@H](O)OC(CO)[C@@H](O)[C@H]1O. The lowest BCUT2D eigenvalue weighted by atomic mass is 9.97. The van der Waals surface area contributed by atoms with E-state index in [4.69, 9.17) is 9.84 Å². The molecule has 0 saturated carbocycles. The molecule has 6 atom stereocenters. The molecule has 1 fully saturated rings. The molecule has 0 bridgehead atoms. The second-order valence-electron chi connectivity index (χ2n) is 9.51. The average molecular weight is 561 g/mol. The van der Waals surface area contributed by atoms with Crippen molar-refractivity contribution in [3.63, 3.8) is 0 Å². The molecule has 6 N–H and O–H groups in total. The van der Waals surface area contributed by atoms with Gasteiger partial charge in [-0.3, -0.25) is 9.59 Å². The molecular formula is C31H48N2O7. The van der Waals surface area contributed by atoms with E-state index >= 15 is 0 Å². The number of carbonyl (C=O) groups excluding carboxylic acids is 2. The molecule has 1 heterocycles. The largest absolute Gasteiger partial charge is 0.394 e. The molecule has 0 aromatic rings. The van der Waals surface area contributed by atoms with Crippen molar-refractivity contribution in [3.8, 4) is 0 Å². The molecule has 2 unspecified atom stereocenters. The van der Waals surface area contributed by atoms with Crippen molar-refractivity contribution in [2.45, 2.75) is 102 Å². The summed E-state index contributed by atoms with van der Waals surface area (Å²) in [6, 6.07) is -2.23. The fourth-order valence-corrected chi connectivity index (χ4v) is 3.78. The van der Waals surface area contributed by atoms with E-state index in [1.807, 2.05) is 12.2 Å². The van der Waals surface area contributed by atoms with Gasteiger partial charge in [0.25, 0.3) is 0 Å². The summed E-state index contributed by atoms with van der Waals surface area (Å²) in [5.41, 5.74) is 0. The third-order valence-electron chi connectivity index (χ3n) is 6.11. The van der Waals surface area contributed by atoms with Crippen LogP contribution in [0, 0.1) is 0 Å². The number of nitrogens with one attached hydrogen (secondary N) is 2. The fourth-order valence-electron chi connectivity index (χ4n) is 3.78. The summed E-state index contributed by atoms with van der Waals surface area (Å²) in [5.74, 6) is -0.966. The number of hydrogen-bond acceptors (Lipinski definition) is 7. The van der Waals surface area contributed by atoms with Crippen LogP contribution in [0.5, 0.6) is 0 Å².